The molecule has 0 amide bonds. The highest BCUT2D eigenvalue weighted by molar-refractivity contribution is 5.70. The molecule has 4 aromatic rings. The van der Waals surface area contributed by atoms with E-state index in [9.17, 15) is 9.90 Å². The minimum Gasteiger partial charge on any atom is -0.496 e. The van der Waals surface area contributed by atoms with Gasteiger partial charge in [0.1, 0.15) is 17.2 Å². The molecule has 39 heavy (non-hydrogen) atoms. The Bertz CT molecular complexity index is 1470. The van der Waals surface area contributed by atoms with E-state index in [1.807, 2.05) is 56.4 Å². The lowest BCUT2D eigenvalue weighted by atomic mass is 9.87. The lowest BCUT2D eigenvalue weighted by Crippen LogP contribution is -2.29. The third-order valence-electron chi connectivity index (χ3n) is 6.94. The number of anilines is 1. The number of carbonyl (C=O) groups is 1. The van der Waals surface area contributed by atoms with Gasteiger partial charge in [-0.1, -0.05) is 17.3 Å². The van der Waals surface area contributed by atoms with Gasteiger partial charge in [0.2, 0.25) is 5.95 Å². The molecule has 1 aliphatic carbocycles. The van der Waals surface area contributed by atoms with Gasteiger partial charge in [0, 0.05) is 18.8 Å². The molecule has 0 aliphatic heterocycles. The van der Waals surface area contributed by atoms with Crippen molar-refractivity contribution in [3.63, 3.8) is 0 Å². The largest absolute Gasteiger partial charge is 0.496 e. The van der Waals surface area contributed by atoms with Crippen molar-refractivity contribution in [1.29, 1.82) is 0 Å². The van der Waals surface area contributed by atoms with Gasteiger partial charge in [-0.2, -0.15) is 0 Å². The summed E-state index contributed by atoms with van der Waals surface area (Å²) < 4.78 is 13.3. The number of methoxy groups -OCH3 is 1. The van der Waals surface area contributed by atoms with Gasteiger partial charge in [-0.25, -0.2) is 19.6 Å². The number of aromatic nitrogens is 6. The highest BCUT2D eigenvalue weighted by Crippen LogP contribution is 2.31. The first-order valence-corrected chi connectivity index (χ1v) is 12.9. The van der Waals surface area contributed by atoms with Crippen LogP contribution in [0.15, 0.2) is 48.7 Å². The van der Waals surface area contributed by atoms with Crippen LogP contribution in [0.1, 0.15) is 37.1 Å². The van der Waals surface area contributed by atoms with Crippen molar-refractivity contribution in [1.82, 2.24) is 29.9 Å². The molecule has 0 radical (unpaired) electrons. The van der Waals surface area contributed by atoms with Crippen molar-refractivity contribution in [2.45, 2.75) is 45.3 Å². The maximum Gasteiger partial charge on any atom is 0.306 e. The second-order valence-corrected chi connectivity index (χ2v) is 9.55. The summed E-state index contributed by atoms with van der Waals surface area (Å²) in [4.78, 5) is 25.2. The molecule has 1 aromatic carbocycles. The average Bonchev–Trinajstić information content (AvgIpc) is 3.33. The Kier molecular flexibility index (Phi) is 7.67. The minimum absolute atomic E-state index is 0.130. The Balaban J connectivity index is 1.31. The number of carboxylic acids is 1. The topological polar surface area (TPSA) is 137 Å². The quantitative estimate of drug-likeness (QED) is 0.323. The molecule has 11 nitrogen and oxygen atoms in total. The summed E-state index contributed by atoms with van der Waals surface area (Å²) in [7, 11) is 3.46. The third kappa shape index (κ3) is 5.82. The first-order chi connectivity index (χ1) is 18.9. The van der Waals surface area contributed by atoms with E-state index in [2.05, 4.69) is 25.6 Å². The van der Waals surface area contributed by atoms with E-state index in [1.54, 1.807) is 18.0 Å². The van der Waals surface area contributed by atoms with E-state index in [0.29, 0.717) is 48.2 Å². The number of benzene rings is 1. The van der Waals surface area contributed by atoms with Crippen LogP contribution in [0.4, 0.5) is 5.95 Å². The van der Waals surface area contributed by atoms with Crippen LogP contribution < -0.4 is 14.8 Å². The van der Waals surface area contributed by atoms with Crippen molar-refractivity contribution < 1.29 is 19.4 Å². The fraction of sp³-hybridized carbons (Fsp3) is 0.357. The van der Waals surface area contributed by atoms with Gasteiger partial charge in [0.15, 0.2) is 0 Å². The monoisotopic (exact) mass is 529 g/mol. The van der Waals surface area contributed by atoms with Crippen LogP contribution in [-0.4, -0.2) is 54.2 Å². The Hall–Kier alpha value is -4.54. The normalized spacial score (nSPS) is 17.0. The fourth-order valence-electron chi connectivity index (χ4n) is 4.85. The number of hydrogen-bond acceptors (Lipinski definition) is 9. The van der Waals surface area contributed by atoms with E-state index in [-0.39, 0.29) is 12.0 Å². The first-order valence-electron chi connectivity index (χ1n) is 12.9. The van der Waals surface area contributed by atoms with Crippen LogP contribution in [0.2, 0.25) is 0 Å². The Labute approximate surface area is 226 Å². The summed E-state index contributed by atoms with van der Waals surface area (Å²) in [6.45, 7) is 2.26. The van der Waals surface area contributed by atoms with Gasteiger partial charge < -0.3 is 19.9 Å². The Morgan fingerprint density at radius 2 is 1.95 bits per heavy atom. The van der Waals surface area contributed by atoms with Gasteiger partial charge in [-0.05, 0) is 62.9 Å². The molecule has 1 aliphatic rings. The van der Waals surface area contributed by atoms with Crippen molar-refractivity contribution in [2.75, 3.05) is 12.4 Å². The summed E-state index contributed by atoms with van der Waals surface area (Å²) >= 11 is 0. The van der Waals surface area contributed by atoms with Crippen LogP contribution in [0.3, 0.4) is 0 Å². The zero-order valence-corrected chi connectivity index (χ0v) is 22.2. The number of para-hydroxylation sites is 1. The molecule has 11 heteroatoms. The number of hydrogen-bond donors (Lipinski definition) is 2. The molecule has 1 fully saturated rings. The number of ether oxygens (including phenoxy) is 2. The Morgan fingerprint density at radius 1 is 1.10 bits per heavy atom. The molecular formula is C28H31N7O4. The SMILES string of the molecule is COc1ccccc1-c1ccnc(NCc2c(-c3ccc(O[C@H]4CCC[C@H](C(=O)O)C4)c(C)n3)nnn2C)n1. The zero-order chi connectivity index (χ0) is 27.4. The van der Waals surface area contributed by atoms with E-state index in [0.717, 1.165) is 35.5 Å². The molecule has 3 aromatic heterocycles. The fourth-order valence-corrected chi connectivity index (χ4v) is 4.85. The second-order valence-electron chi connectivity index (χ2n) is 9.55. The van der Waals surface area contributed by atoms with Crippen LogP contribution in [0.25, 0.3) is 22.6 Å². The zero-order valence-electron chi connectivity index (χ0n) is 22.2. The van der Waals surface area contributed by atoms with Crippen LogP contribution >= 0.6 is 0 Å². The summed E-state index contributed by atoms with van der Waals surface area (Å²) in [5.41, 5.74) is 4.46. The van der Waals surface area contributed by atoms with Crippen LogP contribution in [-0.2, 0) is 18.4 Å². The first kappa shape index (κ1) is 26.1. The number of nitrogens with one attached hydrogen (secondary N) is 1. The molecular weight excluding hydrogens is 498 g/mol. The predicted molar refractivity (Wildman–Crippen MR) is 144 cm³/mol. The van der Waals surface area contributed by atoms with Crippen molar-refractivity contribution in [3.05, 3.63) is 60.0 Å². The molecule has 0 saturated heterocycles. The molecule has 202 valence electrons. The molecule has 0 unspecified atom stereocenters. The second kappa shape index (κ2) is 11.5. The number of pyridine rings is 1. The standard InChI is InChI=1S/C28H31N7O4/c1-17-24(39-19-8-6-7-18(15-19)27(36)37)12-11-22(31-17)26-23(35(2)34-33-26)16-30-28-29-14-13-21(32-28)20-9-4-5-10-25(20)38-3/h4-5,9-14,18-19H,6-8,15-16H2,1-3H3,(H,36,37)(H,29,30,32)/t18-,19-/m0/s1. The van der Waals surface area contributed by atoms with Gasteiger partial charge in [0.05, 0.1) is 48.5 Å². The summed E-state index contributed by atoms with van der Waals surface area (Å²) in [5, 5.41) is 21.2. The van der Waals surface area contributed by atoms with Crippen molar-refractivity contribution in [2.24, 2.45) is 13.0 Å². The average molecular weight is 530 g/mol. The lowest BCUT2D eigenvalue weighted by Gasteiger charge is -2.27. The lowest BCUT2D eigenvalue weighted by molar-refractivity contribution is -0.143. The number of carboxylic acid groups (broad SMARTS) is 1. The van der Waals surface area contributed by atoms with Crippen molar-refractivity contribution in [3.8, 4) is 34.1 Å². The van der Waals surface area contributed by atoms with E-state index >= 15 is 0 Å². The maximum absolute atomic E-state index is 11.4. The number of aliphatic carboxylic acids is 1. The number of nitrogens with zero attached hydrogens (tertiary/aromatic N) is 6. The molecule has 1 saturated carbocycles. The van der Waals surface area contributed by atoms with E-state index < -0.39 is 5.97 Å². The number of aryl methyl sites for hydroxylation is 2. The van der Waals surface area contributed by atoms with Crippen molar-refractivity contribution >= 4 is 11.9 Å². The molecule has 2 atom stereocenters. The van der Waals surface area contributed by atoms with E-state index in [4.69, 9.17) is 14.5 Å². The summed E-state index contributed by atoms with van der Waals surface area (Å²) in [5.74, 6) is 0.740. The smallest absolute Gasteiger partial charge is 0.306 e. The van der Waals surface area contributed by atoms with Gasteiger partial charge in [-0.3, -0.25) is 4.79 Å². The van der Waals surface area contributed by atoms with E-state index in [1.165, 1.54) is 0 Å². The molecule has 5 rings (SSSR count). The molecule has 3 heterocycles. The summed E-state index contributed by atoms with van der Waals surface area (Å²) in [6.07, 6.45) is 4.46. The van der Waals surface area contributed by atoms with Crippen LogP contribution in [0.5, 0.6) is 11.5 Å². The van der Waals surface area contributed by atoms with Crippen LogP contribution in [0, 0.1) is 12.8 Å². The summed E-state index contributed by atoms with van der Waals surface area (Å²) in [6, 6.07) is 13.3. The molecule has 0 spiro atoms. The Morgan fingerprint density at radius 3 is 2.74 bits per heavy atom. The minimum atomic E-state index is -0.755. The highest BCUT2D eigenvalue weighted by Gasteiger charge is 2.28. The number of rotatable bonds is 9. The van der Waals surface area contributed by atoms with Gasteiger partial charge >= 0.3 is 5.97 Å². The third-order valence-corrected chi connectivity index (χ3v) is 6.94. The van der Waals surface area contributed by atoms with Gasteiger partial charge in [-0.15, -0.1) is 5.10 Å². The van der Waals surface area contributed by atoms with Gasteiger partial charge in [0.25, 0.3) is 0 Å². The molecule has 0 bridgehead atoms. The maximum atomic E-state index is 11.4. The highest BCUT2D eigenvalue weighted by atomic mass is 16.5. The molecule has 2 N–H and O–H groups in total. The predicted octanol–water partition coefficient (Wildman–Crippen LogP) is 4.29.